The molecule has 8 nitrogen and oxygen atoms in total. The first-order valence-corrected chi connectivity index (χ1v) is 9.95. The van der Waals surface area contributed by atoms with Gasteiger partial charge in [-0.15, -0.1) is 22.7 Å². The van der Waals surface area contributed by atoms with E-state index in [9.17, 15) is 24.0 Å². The summed E-state index contributed by atoms with van der Waals surface area (Å²) in [5, 5.41) is 3.52. The van der Waals surface area contributed by atoms with Crippen LogP contribution in [0.3, 0.4) is 0 Å². The number of ether oxygens (including phenoxy) is 3. The molecule has 0 fully saturated rings. The van der Waals surface area contributed by atoms with E-state index in [4.69, 9.17) is 0 Å². The van der Waals surface area contributed by atoms with Gasteiger partial charge in [0, 0.05) is 0 Å². The number of rotatable bonds is 8. The Morgan fingerprint density at radius 1 is 0.828 bits per heavy atom. The SMILES string of the molecule is COC(=O)CC(=O)c1cccs1.COC(=O)CC(C(=O)OC)C(=O)c1cccs1. The zero-order chi connectivity index (χ0) is 21.8. The molecule has 10 heteroatoms. The first-order chi connectivity index (χ1) is 13.8. The number of thiophene rings is 2. The van der Waals surface area contributed by atoms with Crippen LogP contribution in [0.2, 0.25) is 0 Å². The molecule has 0 radical (unpaired) electrons. The van der Waals surface area contributed by atoms with Crippen molar-refractivity contribution in [3.8, 4) is 0 Å². The topological polar surface area (TPSA) is 113 Å². The average molecular weight is 440 g/mol. The van der Waals surface area contributed by atoms with Crippen LogP contribution in [0.25, 0.3) is 0 Å². The first-order valence-electron chi connectivity index (χ1n) is 8.19. The Morgan fingerprint density at radius 2 is 1.38 bits per heavy atom. The Labute approximate surface area is 175 Å². The van der Waals surface area contributed by atoms with Gasteiger partial charge in [0.25, 0.3) is 0 Å². The molecule has 0 bridgehead atoms. The van der Waals surface area contributed by atoms with E-state index in [0.29, 0.717) is 9.75 Å². The lowest BCUT2D eigenvalue weighted by molar-refractivity contribution is -0.150. The molecule has 2 rings (SSSR count). The summed E-state index contributed by atoms with van der Waals surface area (Å²) in [6, 6.07) is 6.76. The molecule has 0 aromatic carbocycles. The highest BCUT2D eigenvalue weighted by Crippen LogP contribution is 2.19. The van der Waals surface area contributed by atoms with Crippen LogP contribution in [0, 0.1) is 5.92 Å². The third-order valence-electron chi connectivity index (χ3n) is 3.49. The molecule has 156 valence electrons. The van der Waals surface area contributed by atoms with Crippen LogP contribution in [0.1, 0.15) is 32.2 Å². The Balaban J connectivity index is 0.000000308. The molecule has 0 saturated carbocycles. The molecule has 0 aliphatic heterocycles. The van der Waals surface area contributed by atoms with Crippen LogP contribution in [-0.2, 0) is 28.6 Å². The van der Waals surface area contributed by atoms with Gasteiger partial charge in [0.1, 0.15) is 12.3 Å². The predicted octanol–water partition coefficient (Wildman–Crippen LogP) is 2.78. The fourth-order valence-electron chi connectivity index (χ4n) is 1.99. The number of ketones is 2. The van der Waals surface area contributed by atoms with Crippen LogP contribution in [0.4, 0.5) is 0 Å². The van der Waals surface area contributed by atoms with E-state index in [1.54, 1.807) is 35.0 Å². The van der Waals surface area contributed by atoms with Gasteiger partial charge in [-0.2, -0.15) is 0 Å². The largest absolute Gasteiger partial charge is 0.469 e. The van der Waals surface area contributed by atoms with Gasteiger partial charge in [0.05, 0.1) is 37.5 Å². The first kappa shape index (κ1) is 24.2. The van der Waals surface area contributed by atoms with Gasteiger partial charge < -0.3 is 14.2 Å². The summed E-state index contributed by atoms with van der Waals surface area (Å²) in [4.78, 5) is 57.4. The molecule has 1 atom stereocenters. The van der Waals surface area contributed by atoms with E-state index < -0.39 is 29.6 Å². The number of carbonyl (C=O) groups is 5. The van der Waals surface area contributed by atoms with Crippen molar-refractivity contribution in [2.24, 2.45) is 5.92 Å². The van der Waals surface area contributed by atoms with Crippen molar-refractivity contribution in [1.82, 2.24) is 0 Å². The second-order valence-electron chi connectivity index (χ2n) is 5.35. The minimum atomic E-state index is -1.13. The number of hydrogen-bond donors (Lipinski definition) is 0. The van der Waals surface area contributed by atoms with Crippen LogP contribution in [-0.4, -0.2) is 50.8 Å². The quantitative estimate of drug-likeness (QED) is 0.266. The Morgan fingerprint density at radius 3 is 1.83 bits per heavy atom. The summed E-state index contributed by atoms with van der Waals surface area (Å²) in [5.41, 5.74) is 0. The molecule has 2 heterocycles. The lowest BCUT2D eigenvalue weighted by Crippen LogP contribution is -2.28. The molecule has 1 unspecified atom stereocenters. The van der Waals surface area contributed by atoms with Gasteiger partial charge in [-0.25, -0.2) is 0 Å². The number of carbonyl (C=O) groups excluding carboxylic acids is 5. The summed E-state index contributed by atoms with van der Waals surface area (Å²) >= 11 is 2.54. The van der Waals surface area contributed by atoms with Crippen LogP contribution in [0.15, 0.2) is 35.0 Å². The number of hydrogen-bond acceptors (Lipinski definition) is 10. The monoisotopic (exact) mass is 440 g/mol. The molecule has 2 aromatic rings. The molecular weight excluding hydrogens is 420 g/mol. The van der Waals surface area contributed by atoms with E-state index in [1.165, 1.54) is 44.0 Å². The van der Waals surface area contributed by atoms with Crippen molar-refractivity contribution in [3.63, 3.8) is 0 Å². The van der Waals surface area contributed by atoms with E-state index in [2.05, 4.69) is 14.2 Å². The van der Waals surface area contributed by atoms with Gasteiger partial charge >= 0.3 is 17.9 Å². The highest BCUT2D eigenvalue weighted by molar-refractivity contribution is 7.12. The standard InChI is InChI=1S/C11H12O5S.C8H8O3S/c1-15-9(12)6-7(11(14)16-2)10(13)8-4-3-5-17-8;1-11-8(10)5-6(9)7-3-2-4-12-7/h3-5,7H,6H2,1-2H3;2-4H,5H2,1H3. The van der Waals surface area contributed by atoms with E-state index in [1.807, 2.05) is 0 Å². The van der Waals surface area contributed by atoms with E-state index >= 15 is 0 Å². The average Bonchev–Trinajstić information content (AvgIpc) is 3.45. The third-order valence-corrected chi connectivity index (χ3v) is 5.29. The fourth-order valence-corrected chi connectivity index (χ4v) is 3.38. The lowest BCUT2D eigenvalue weighted by Gasteiger charge is -2.11. The van der Waals surface area contributed by atoms with Crippen molar-refractivity contribution in [2.45, 2.75) is 12.8 Å². The molecule has 0 spiro atoms. The van der Waals surface area contributed by atoms with Crippen molar-refractivity contribution in [1.29, 1.82) is 0 Å². The van der Waals surface area contributed by atoms with Crippen molar-refractivity contribution >= 4 is 52.1 Å². The highest BCUT2D eigenvalue weighted by Gasteiger charge is 2.31. The molecule has 0 N–H and O–H groups in total. The maximum atomic E-state index is 12.0. The van der Waals surface area contributed by atoms with Crippen LogP contribution < -0.4 is 0 Å². The minimum Gasteiger partial charge on any atom is -0.469 e. The summed E-state index contributed by atoms with van der Waals surface area (Å²) < 4.78 is 13.3. The second-order valence-corrected chi connectivity index (χ2v) is 7.25. The van der Waals surface area contributed by atoms with Crippen molar-refractivity contribution in [2.75, 3.05) is 21.3 Å². The number of esters is 3. The molecule has 0 amide bonds. The smallest absolute Gasteiger partial charge is 0.317 e. The van der Waals surface area contributed by atoms with Crippen LogP contribution >= 0.6 is 22.7 Å². The summed E-state index contributed by atoms with van der Waals surface area (Å²) in [6.07, 6.45) is -0.475. The summed E-state index contributed by atoms with van der Waals surface area (Å²) in [7, 11) is 3.64. The normalized spacial score (nSPS) is 10.7. The number of methoxy groups -OCH3 is 3. The maximum Gasteiger partial charge on any atom is 0.317 e. The van der Waals surface area contributed by atoms with E-state index in [-0.39, 0.29) is 18.6 Å². The molecule has 0 aliphatic rings. The zero-order valence-electron chi connectivity index (χ0n) is 16.0. The van der Waals surface area contributed by atoms with E-state index in [0.717, 1.165) is 0 Å². The fraction of sp³-hybridized carbons (Fsp3) is 0.316. The van der Waals surface area contributed by atoms with Crippen molar-refractivity contribution < 1.29 is 38.2 Å². The van der Waals surface area contributed by atoms with Crippen LogP contribution in [0.5, 0.6) is 0 Å². The van der Waals surface area contributed by atoms with Gasteiger partial charge in [0.2, 0.25) is 0 Å². The Bertz CT molecular complexity index is 825. The second kappa shape index (κ2) is 12.6. The summed E-state index contributed by atoms with van der Waals surface area (Å²) in [5.74, 6) is -3.58. The minimum absolute atomic E-state index is 0.170. The number of Topliss-reactive ketones (excluding diaryl/α,β-unsaturated/α-hetero) is 2. The van der Waals surface area contributed by atoms with Gasteiger partial charge in [-0.1, -0.05) is 12.1 Å². The maximum absolute atomic E-state index is 12.0. The molecule has 29 heavy (non-hydrogen) atoms. The van der Waals surface area contributed by atoms with Gasteiger partial charge in [-0.05, 0) is 22.9 Å². The third kappa shape index (κ3) is 7.96. The van der Waals surface area contributed by atoms with Crippen molar-refractivity contribution in [3.05, 3.63) is 44.8 Å². The molecule has 2 aromatic heterocycles. The Hall–Kier alpha value is -2.85. The zero-order valence-corrected chi connectivity index (χ0v) is 17.7. The molecule has 0 aliphatic carbocycles. The predicted molar refractivity (Wildman–Crippen MR) is 106 cm³/mol. The van der Waals surface area contributed by atoms with Gasteiger partial charge in [-0.3, -0.25) is 24.0 Å². The van der Waals surface area contributed by atoms with Gasteiger partial charge in [0.15, 0.2) is 11.6 Å². The lowest BCUT2D eigenvalue weighted by atomic mass is 9.99. The molecule has 0 saturated heterocycles. The molecular formula is C19H20O8S2. The highest BCUT2D eigenvalue weighted by atomic mass is 32.1. The summed E-state index contributed by atoms with van der Waals surface area (Å²) in [6.45, 7) is 0. The Kier molecular flexibility index (Phi) is 10.5.